The molecule has 0 fully saturated rings. The first-order chi connectivity index (χ1) is 7.31. The minimum atomic E-state index is 0.380. The largest absolute Gasteiger partial charge is 0.477 e. The number of aromatic nitrogens is 2. The van der Waals surface area contributed by atoms with Crippen LogP contribution in [0.1, 0.15) is 20.8 Å². The molecule has 0 saturated carbocycles. The van der Waals surface area contributed by atoms with Gasteiger partial charge in [-0.2, -0.15) is 4.98 Å². The Morgan fingerprint density at radius 3 is 2.13 bits per heavy atom. The van der Waals surface area contributed by atoms with E-state index in [0.717, 1.165) is 0 Å². The Labute approximate surface area is 89.4 Å². The molecule has 0 amide bonds. The van der Waals surface area contributed by atoms with Crippen molar-refractivity contribution in [2.24, 2.45) is 0 Å². The van der Waals surface area contributed by atoms with Crippen LogP contribution in [0.25, 0.3) is 0 Å². The highest BCUT2D eigenvalue weighted by Crippen LogP contribution is 2.24. The van der Waals surface area contributed by atoms with Crippen molar-refractivity contribution in [2.75, 3.05) is 19.8 Å². The molecule has 1 rings (SSSR count). The van der Waals surface area contributed by atoms with E-state index in [0.29, 0.717) is 37.5 Å². The molecule has 0 spiro atoms. The van der Waals surface area contributed by atoms with E-state index in [9.17, 15) is 0 Å². The highest BCUT2D eigenvalue weighted by Gasteiger charge is 2.09. The van der Waals surface area contributed by atoms with E-state index in [1.807, 2.05) is 20.8 Å². The number of hydrogen-bond donors (Lipinski definition) is 0. The van der Waals surface area contributed by atoms with Crippen LogP contribution in [-0.4, -0.2) is 29.8 Å². The van der Waals surface area contributed by atoms with E-state index < -0.39 is 0 Å². The number of ether oxygens (including phenoxy) is 3. The quantitative estimate of drug-likeness (QED) is 0.718. The Morgan fingerprint density at radius 2 is 1.53 bits per heavy atom. The maximum atomic E-state index is 5.30. The lowest BCUT2D eigenvalue weighted by atomic mass is 10.6. The van der Waals surface area contributed by atoms with Gasteiger partial charge in [0, 0.05) is 0 Å². The summed E-state index contributed by atoms with van der Waals surface area (Å²) >= 11 is 0. The van der Waals surface area contributed by atoms with Crippen LogP contribution in [0.4, 0.5) is 0 Å². The normalized spacial score (nSPS) is 9.80. The van der Waals surface area contributed by atoms with Crippen LogP contribution in [0.3, 0.4) is 0 Å². The molecular weight excluding hydrogens is 196 g/mol. The smallest absolute Gasteiger partial charge is 0.281 e. The van der Waals surface area contributed by atoms with Gasteiger partial charge in [0.1, 0.15) is 0 Å². The molecule has 0 aliphatic carbocycles. The van der Waals surface area contributed by atoms with Crippen molar-refractivity contribution >= 4 is 0 Å². The van der Waals surface area contributed by atoms with Crippen LogP contribution >= 0.6 is 0 Å². The molecule has 0 aromatic carbocycles. The van der Waals surface area contributed by atoms with Gasteiger partial charge in [0.2, 0.25) is 5.88 Å². The van der Waals surface area contributed by atoms with Gasteiger partial charge >= 0.3 is 0 Å². The molecule has 0 aliphatic heterocycles. The zero-order chi connectivity index (χ0) is 11.1. The first-order valence-corrected chi connectivity index (χ1v) is 5.07. The third-order valence-corrected chi connectivity index (χ3v) is 1.54. The molecular formula is C10H16N2O3. The van der Waals surface area contributed by atoms with Crippen LogP contribution in [0, 0.1) is 0 Å². The summed E-state index contributed by atoms with van der Waals surface area (Å²) in [7, 11) is 0. The fourth-order valence-electron chi connectivity index (χ4n) is 1.03. The predicted octanol–water partition coefficient (Wildman–Crippen LogP) is 1.67. The van der Waals surface area contributed by atoms with Crippen molar-refractivity contribution in [3.63, 3.8) is 0 Å². The lowest BCUT2D eigenvalue weighted by Crippen LogP contribution is -2.04. The third kappa shape index (κ3) is 3.27. The summed E-state index contributed by atoms with van der Waals surface area (Å²) in [6.07, 6.45) is 1.52. The first kappa shape index (κ1) is 11.6. The summed E-state index contributed by atoms with van der Waals surface area (Å²) in [4.78, 5) is 8.21. The Bertz CT molecular complexity index is 305. The second-order valence-electron chi connectivity index (χ2n) is 2.62. The molecule has 1 aromatic heterocycles. The van der Waals surface area contributed by atoms with Crippen LogP contribution < -0.4 is 14.2 Å². The van der Waals surface area contributed by atoms with E-state index in [4.69, 9.17) is 14.2 Å². The van der Waals surface area contributed by atoms with Crippen molar-refractivity contribution in [3.05, 3.63) is 6.20 Å². The molecule has 0 aliphatic rings. The molecule has 0 N–H and O–H groups in total. The van der Waals surface area contributed by atoms with Gasteiger partial charge in [-0.3, -0.25) is 0 Å². The summed E-state index contributed by atoms with van der Waals surface area (Å²) in [6, 6.07) is 0. The number of nitrogens with zero attached hydrogens (tertiary/aromatic N) is 2. The third-order valence-electron chi connectivity index (χ3n) is 1.54. The fraction of sp³-hybridized carbons (Fsp3) is 0.600. The summed E-state index contributed by atoms with van der Waals surface area (Å²) in [5, 5.41) is 0. The van der Waals surface area contributed by atoms with E-state index in [1.54, 1.807) is 0 Å². The molecule has 0 radical (unpaired) electrons. The molecule has 0 unspecified atom stereocenters. The van der Waals surface area contributed by atoms with Crippen molar-refractivity contribution in [1.29, 1.82) is 0 Å². The zero-order valence-corrected chi connectivity index (χ0v) is 9.32. The maximum Gasteiger partial charge on any atom is 0.281 e. The topological polar surface area (TPSA) is 53.5 Å². The lowest BCUT2D eigenvalue weighted by Gasteiger charge is -2.09. The second kappa shape index (κ2) is 6.06. The first-order valence-electron chi connectivity index (χ1n) is 5.07. The molecule has 1 heterocycles. The van der Waals surface area contributed by atoms with Gasteiger partial charge in [-0.1, -0.05) is 0 Å². The minimum Gasteiger partial charge on any atom is -0.477 e. The van der Waals surface area contributed by atoms with Gasteiger partial charge < -0.3 is 14.2 Å². The van der Waals surface area contributed by atoms with E-state index in [2.05, 4.69) is 9.97 Å². The Kier molecular flexibility index (Phi) is 4.66. The van der Waals surface area contributed by atoms with Crippen molar-refractivity contribution in [1.82, 2.24) is 9.97 Å². The van der Waals surface area contributed by atoms with Gasteiger partial charge in [0.05, 0.1) is 26.0 Å². The van der Waals surface area contributed by atoms with Crippen molar-refractivity contribution < 1.29 is 14.2 Å². The monoisotopic (exact) mass is 212 g/mol. The highest BCUT2D eigenvalue weighted by molar-refractivity contribution is 5.28. The summed E-state index contributed by atoms with van der Waals surface area (Å²) < 4.78 is 15.8. The van der Waals surface area contributed by atoms with Gasteiger partial charge in [0.15, 0.2) is 0 Å². The standard InChI is InChI=1S/C10H16N2O3/c1-4-13-8-7-11-9(14-5-2)10(12-8)15-6-3/h7H,4-6H2,1-3H3. The number of hydrogen-bond acceptors (Lipinski definition) is 5. The molecule has 0 saturated heterocycles. The van der Waals surface area contributed by atoms with Crippen molar-refractivity contribution in [3.8, 4) is 17.6 Å². The van der Waals surface area contributed by atoms with Crippen LogP contribution in [-0.2, 0) is 0 Å². The van der Waals surface area contributed by atoms with Crippen LogP contribution in [0.15, 0.2) is 6.20 Å². The molecule has 1 aromatic rings. The molecule has 5 heteroatoms. The van der Waals surface area contributed by atoms with E-state index in [-0.39, 0.29) is 0 Å². The Balaban J connectivity index is 2.87. The van der Waals surface area contributed by atoms with E-state index in [1.165, 1.54) is 6.20 Å². The SMILES string of the molecule is CCOc1cnc(OCC)c(OCC)n1. The number of rotatable bonds is 6. The van der Waals surface area contributed by atoms with Crippen LogP contribution in [0.2, 0.25) is 0 Å². The molecule has 15 heavy (non-hydrogen) atoms. The lowest BCUT2D eigenvalue weighted by molar-refractivity contribution is 0.257. The molecule has 84 valence electrons. The van der Waals surface area contributed by atoms with E-state index >= 15 is 0 Å². The average Bonchev–Trinajstić information content (AvgIpc) is 2.23. The summed E-state index contributed by atoms with van der Waals surface area (Å²) in [6.45, 7) is 7.25. The molecule has 0 atom stereocenters. The van der Waals surface area contributed by atoms with Gasteiger partial charge in [-0.05, 0) is 20.8 Å². The Morgan fingerprint density at radius 1 is 0.933 bits per heavy atom. The molecule has 5 nitrogen and oxygen atoms in total. The molecule has 0 bridgehead atoms. The Hall–Kier alpha value is -1.52. The fourth-order valence-corrected chi connectivity index (χ4v) is 1.03. The zero-order valence-electron chi connectivity index (χ0n) is 9.32. The second-order valence-corrected chi connectivity index (χ2v) is 2.62. The van der Waals surface area contributed by atoms with Gasteiger partial charge in [0.25, 0.3) is 11.8 Å². The predicted molar refractivity (Wildman–Crippen MR) is 55.5 cm³/mol. The van der Waals surface area contributed by atoms with Crippen molar-refractivity contribution in [2.45, 2.75) is 20.8 Å². The summed E-state index contributed by atoms with van der Waals surface area (Å²) in [5.74, 6) is 1.23. The summed E-state index contributed by atoms with van der Waals surface area (Å²) in [5.41, 5.74) is 0. The van der Waals surface area contributed by atoms with Gasteiger partial charge in [-0.25, -0.2) is 4.98 Å². The van der Waals surface area contributed by atoms with Gasteiger partial charge in [-0.15, -0.1) is 0 Å². The maximum absolute atomic E-state index is 5.30. The van der Waals surface area contributed by atoms with Crippen LogP contribution in [0.5, 0.6) is 17.6 Å². The average molecular weight is 212 g/mol. The highest BCUT2D eigenvalue weighted by atomic mass is 16.5. The minimum absolute atomic E-state index is 0.380.